The van der Waals surface area contributed by atoms with E-state index in [-0.39, 0.29) is 11.6 Å². The molecule has 0 radical (unpaired) electrons. The van der Waals surface area contributed by atoms with E-state index in [4.69, 9.17) is 0 Å². The summed E-state index contributed by atoms with van der Waals surface area (Å²) >= 11 is 1.59. The lowest BCUT2D eigenvalue weighted by Gasteiger charge is -2.46. The molecule has 2 aliphatic carbocycles. The molecule has 0 bridgehead atoms. The number of allylic oxidation sites excluding steroid dienone is 1. The smallest absolute Gasteiger partial charge is 0.265 e. The molecule has 2 N–H and O–H groups in total. The van der Waals surface area contributed by atoms with Crippen LogP contribution in [0.5, 0.6) is 0 Å². The molecule has 2 aliphatic heterocycles. The Hall–Kier alpha value is -1.62. The van der Waals surface area contributed by atoms with Gasteiger partial charge < -0.3 is 10.6 Å². The highest BCUT2D eigenvalue weighted by molar-refractivity contribution is 7.16. The van der Waals surface area contributed by atoms with Crippen molar-refractivity contribution >= 4 is 34.7 Å². The third kappa shape index (κ3) is 3.14. The Kier molecular flexibility index (Phi) is 4.38. The van der Waals surface area contributed by atoms with Gasteiger partial charge >= 0.3 is 0 Å². The Labute approximate surface area is 165 Å². The van der Waals surface area contributed by atoms with Gasteiger partial charge in [0, 0.05) is 16.7 Å². The zero-order valence-corrected chi connectivity index (χ0v) is 17.0. The van der Waals surface area contributed by atoms with Crippen LogP contribution in [0.3, 0.4) is 0 Å². The second-order valence-corrected chi connectivity index (χ2v) is 9.97. The van der Waals surface area contributed by atoms with Gasteiger partial charge in [-0.1, -0.05) is 32.1 Å². The number of amides is 1. The van der Waals surface area contributed by atoms with Crippen molar-refractivity contribution in [3.8, 4) is 0 Å². The van der Waals surface area contributed by atoms with E-state index in [1.54, 1.807) is 11.3 Å². The first kappa shape index (κ1) is 17.5. The van der Waals surface area contributed by atoms with Crippen LogP contribution < -0.4 is 10.6 Å². The van der Waals surface area contributed by atoms with E-state index in [2.05, 4.69) is 28.6 Å². The predicted octanol–water partition coefficient (Wildman–Crippen LogP) is 5.23. The summed E-state index contributed by atoms with van der Waals surface area (Å²) in [5.74, 6) is 1.89. The van der Waals surface area contributed by atoms with Gasteiger partial charge in [0.2, 0.25) is 0 Å². The summed E-state index contributed by atoms with van der Waals surface area (Å²) in [4.78, 5) is 19.2. The fraction of sp³-hybridized carbons (Fsp3) is 0.636. The fourth-order valence-corrected chi connectivity index (χ4v) is 6.65. The number of nitrogens with one attached hydrogen (secondary N) is 2. The summed E-state index contributed by atoms with van der Waals surface area (Å²) in [5.41, 5.74) is 3.27. The SMILES string of the molecule is CC1=C(c2cc3c(s2)C(=O)NC2(CCC(C4CCCCC4)CC2)N3)C=NC1. The van der Waals surface area contributed by atoms with Gasteiger partial charge in [0.25, 0.3) is 5.91 Å². The lowest BCUT2D eigenvalue weighted by Crippen LogP contribution is -2.59. The Bertz CT molecular complexity index is 808. The first-order valence-electron chi connectivity index (χ1n) is 10.6. The molecule has 4 aliphatic rings. The first-order chi connectivity index (χ1) is 13.1. The van der Waals surface area contributed by atoms with E-state index in [1.807, 2.05) is 6.21 Å². The highest BCUT2D eigenvalue weighted by atomic mass is 32.1. The van der Waals surface area contributed by atoms with Gasteiger partial charge in [-0.25, -0.2) is 0 Å². The van der Waals surface area contributed by atoms with Crippen molar-refractivity contribution in [3.63, 3.8) is 0 Å². The van der Waals surface area contributed by atoms with Crippen LogP contribution in [-0.2, 0) is 0 Å². The van der Waals surface area contributed by atoms with Gasteiger partial charge in [-0.2, -0.15) is 0 Å². The lowest BCUT2D eigenvalue weighted by molar-refractivity contribution is 0.0833. The minimum atomic E-state index is -0.235. The van der Waals surface area contributed by atoms with E-state index >= 15 is 0 Å². The molecule has 0 atom stereocenters. The van der Waals surface area contributed by atoms with E-state index in [9.17, 15) is 4.79 Å². The maximum absolute atomic E-state index is 12.9. The highest BCUT2D eigenvalue weighted by Gasteiger charge is 2.43. The van der Waals surface area contributed by atoms with Crippen LogP contribution in [0.2, 0.25) is 0 Å². The molecule has 1 amide bonds. The average molecular weight is 384 g/mol. The van der Waals surface area contributed by atoms with Crippen LogP contribution in [0.4, 0.5) is 5.69 Å². The predicted molar refractivity (Wildman–Crippen MR) is 113 cm³/mol. The van der Waals surface area contributed by atoms with Crippen LogP contribution in [0.15, 0.2) is 16.6 Å². The number of hydrogen-bond donors (Lipinski definition) is 2. The van der Waals surface area contributed by atoms with Gasteiger partial charge in [-0.15, -0.1) is 11.3 Å². The van der Waals surface area contributed by atoms with Gasteiger partial charge in [-0.05, 0) is 56.1 Å². The van der Waals surface area contributed by atoms with Gasteiger partial charge in [-0.3, -0.25) is 9.79 Å². The molecule has 2 fully saturated rings. The van der Waals surface area contributed by atoms with Crippen LogP contribution in [0.25, 0.3) is 5.57 Å². The molecular formula is C22H29N3OS. The van der Waals surface area contributed by atoms with Crippen molar-refractivity contribution in [2.24, 2.45) is 16.8 Å². The number of rotatable bonds is 2. The van der Waals surface area contributed by atoms with E-state index in [1.165, 1.54) is 56.1 Å². The maximum atomic E-state index is 12.9. The Morgan fingerprint density at radius 3 is 2.52 bits per heavy atom. The normalized spacial score (nSPS) is 31.1. The largest absolute Gasteiger partial charge is 0.361 e. The van der Waals surface area contributed by atoms with Crippen molar-refractivity contribution in [1.29, 1.82) is 0 Å². The molecule has 0 saturated heterocycles. The minimum absolute atomic E-state index is 0.101. The van der Waals surface area contributed by atoms with Crippen molar-refractivity contribution in [1.82, 2.24) is 5.32 Å². The zero-order chi connectivity index (χ0) is 18.4. The Morgan fingerprint density at radius 1 is 1.07 bits per heavy atom. The maximum Gasteiger partial charge on any atom is 0.265 e. The molecule has 144 valence electrons. The third-order valence-corrected chi connectivity index (χ3v) is 8.31. The van der Waals surface area contributed by atoms with E-state index < -0.39 is 0 Å². The van der Waals surface area contributed by atoms with Crippen LogP contribution >= 0.6 is 11.3 Å². The molecule has 1 spiro atoms. The van der Waals surface area contributed by atoms with Crippen molar-refractivity contribution < 1.29 is 4.79 Å². The molecule has 27 heavy (non-hydrogen) atoms. The number of nitrogens with zero attached hydrogens (tertiary/aromatic N) is 1. The summed E-state index contributed by atoms with van der Waals surface area (Å²) in [6.45, 7) is 2.91. The van der Waals surface area contributed by atoms with Gasteiger partial charge in [0.05, 0.1) is 12.2 Å². The zero-order valence-electron chi connectivity index (χ0n) is 16.1. The highest BCUT2D eigenvalue weighted by Crippen LogP contribution is 2.45. The number of hydrogen-bond acceptors (Lipinski definition) is 4. The third-order valence-electron chi connectivity index (χ3n) is 7.14. The molecule has 5 rings (SSSR count). The molecule has 5 heteroatoms. The van der Waals surface area contributed by atoms with Gasteiger partial charge in [0.1, 0.15) is 10.5 Å². The fourth-order valence-electron chi connectivity index (χ4n) is 5.55. The quantitative estimate of drug-likeness (QED) is 0.735. The summed E-state index contributed by atoms with van der Waals surface area (Å²) in [7, 11) is 0. The summed E-state index contributed by atoms with van der Waals surface area (Å²) in [6.07, 6.45) is 13.6. The molecule has 3 heterocycles. The summed E-state index contributed by atoms with van der Waals surface area (Å²) in [5, 5.41) is 7.07. The molecule has 2 saturated carbocycles. The van der Waals surface area contributed by atoms with Crippen LogP contribution in [0.1, 0.15) is 79.3 Å². The topological polar surface area (TPSA) is 53.5 Å². The van der Waals surface area contributed by atoms with Crippen molar-refractivity contribution in [3.05, 3.63) is 21.4 Å². The number of fused-ring (bicyclic) bond motifs is 1. The minimum Gasteiger partial charge on any atom is -0.361 e. The number of aliphatic imine (C=N–C) groups is 1. The van der Waals surface area contributed by atoms with Crippen LogP contribution in [-0.4, -0.2) is 24.3 Å². The summed E-state index contributed by atoms with van der Waals surface area (Å²) in [6, 6.07) is 2.17. The molecular weight excluding hydrogens is 354 g/mol. The molecule has 1 aromatic heterocycles. The molecule has 1 aromatic rings. The number of carbonyl (C=O) groups is 1. The molecule has 4 nitrogen and oxygen atoms in total. The van der Waals surface area contributed by atoms with Crippen molar-refractivity contribution in [2.45, 2.75) is 70.4 Å². The Morgan fingerprint density at radius 2 is 1.81 bits per heavy atom. The van der Waals surface area contributed by atoms with E-state index in [0.717, 1.165) is 46.7 Å². The second kappa shape index (κ2) is 6.77. The Balaban J connectivity index is 1.33. The van der Waals surface area contributed by atoms with E-state index in [0.29, 0.717) is 0 Å². The molecule has 0 unspecified atom stereocenters. The summed E-state index contributed by atoms with van der Waals surface area (Å²) < 4.78 is 0. The number of carbonyl (C=O) groups excluding carboxylic acids is 1. The second-order valence-electron chi connectivity index (χ2n) is 8.91. The standard InChI is InChI=1S/C22H29N3OS/c1-14-12-23-13-17(14)19-11-18-20(27-19)21(26)25-22(24-18)9-7-16(8-10-22)15-5-3-2-4-6-15/h11,13,15-16,24H,2-10,12H2,1H3,(H,25,26). The lowest BCUT2D eigenvalue weighted by atomic mass is 9.70. The van der Waals surface area contributed by atoms with Gasteiger partial charge in [0.15, 0.2) is 0 Å². The van der Waals surface area contributed by atoms with Crippen molar-refractivity contribution in [2.75, 3.05) is 11.9 Å². The monoisotopic (exact) mass is 383 g/mol. The number of thiophene rings is 1. The average Bonchev–Trinajstić information content (AvgIpc) is 3.29. The van der Waals surface area contributed by atoms with Crippen LogP contribution in [0, 0.1) is 11.8 Å². The number of anilines is 1. The first-order valence-corrected chi connectivity index (χ1v) is 11.4. The molecule has 0 aromatic carbocycles.